The van der Waals surface area contributed by atoms with Gasteiger partial charge in [0.2, 0.25) is 0 Å². The summed E-state index contributed by atoms with van der Waals surface area (Å²) in [6.45, 7) is 8.32. The van der Waals surface area contributed by atoms with Gasteiger partial charge in [0.05, 0.1) is 0 Å². The van der Waals surface area contributed by atoms with Crippen molar-refractivity contribution in [1.82, 2.24) is 10.2 Å². The van der Waals surface area contributed by atoms with Gasteiger partial charge < -0.3 is 10.2 Å². The standard InChI is InChI=1S/C12H26N2S/c1-4-15-10-11(2)13-9-12-5-7-14(3)8-6-12/h11-13H,4-10H2,1-3H3. The highest BCUT2D eigenvalue weighted by molar-refractivity contribution is 7.99. The van der Waals surface area contributed by atoms with Gasteiger partial charge in [0.1, 0.15) is 0 Å². The Morgan fingerprint density at radius 1 is 1.40 bits per heavy atom. The van der Waals surface area contributed by atoms with Crippen molar-refractivity contribution in [1.29, 1.82) is 0 Å². The van der Waals surface area contributed by atoms with E-state index in [-0.39, 0.29) is 0 Å². The topological polar surface area (TPSA) is 15.3 Å². The molecule has 1 fully saturated rings. The van der Waals surface area contributed by atoms with Crippen molar-refractivity contribution in [3.05, 3.63) is 0 Å². The summed E-state index contributed by atoms with van der Waals surface area (Å²) in [5.74, 6) is 3.40. The van der Waals surface area contributed by atoms with E-state index in [4.69, 9.17) is 0 Å². The highest BCUT2D eigenvalue weighted by Crippen LogP contribution is 2.15. The minimum atomic E-state index is 0.676. The lowest BCUT2D eigenvalue weighted by Crippen LogP contribution is -2.38. The molecule has 1 saturated heterocycles. The number of thioether (sulfide) groups is 1. The average Bonchev–Trinajstić information content (AvgIpc) is 2.25. The van der Waals surface area contributed by atoms with Crippen LogP contribution >= 0.6 is 11.8 Å². The van der Waals surface area contributed by atoms with Gasteiger partial charge in [-0.2, -0.15) is 11.8 Å². The first kappa shape index (κ1) is 13.3. The van der Waals surface area contributed by atoms with E-state index in [1.165, 1.54) is 44.0 Å². The van der Waals surface area contributed by atoms with E-state index in [1.54, 1.807) is 0 Å². The Kier molecular flexibility index (Phi) is 6.69. The van der Waals surface area contributed by atoms with Gasteiger partial charge in [0.25, 0.3) is 0 Å². The predicted molar refractivity (Wildman–Crippen MR) is 70.7 cm³/mol. The molecule has 0 radical (unpaired) electrons. The molecule has 0 spiro atoms. The molecule has 0 aromatic heterocycles. The lowest BCUT2D eigenvalue weighted by Gasteiger charge is -2.29. The first-order valence-corrected chi connectivity index (χ1v) is 7.37. The monoisotopic (exact) mass is 230 g/mol. The normalized spacial score (nSPS) is 21.8. The molecule has 15 heavy (non-hydrogen) atoms. The third-order valence-corrected chi connectivity index (χ3v) is 4.31. The summed E-state index contributed by atoms with van der Waals surface area (Å²) in [7, 11) is 2.23. The molecular weight excluding hydrogens is 204 g/mol. The predicted octanol–water partition coefficient (Wildman–Crippen LogP) is 2.06. The van der Waals surface area contributed by atoms with Gasteiger partial charge in [-0.05, 0) is 58.1 Å². The quantitative estimate of drug-likeness (QED) is 0.752. The lowest BCUT2D eigenvalue weighted by molar-refractivity contribution is 0.214. The number of rotatable bonds is 6. The molecule has 2 nitrogen and oxygen atoms in total. The molecule has 0 saturated carbocycles. The number of hydrogen-bond acceptors (Lipinski definition) is 3. The van der Waals surface area contributed by atoms with Crippen LogP contribution < -0.4 is 5.32 Å². The zero-order valence-electron chi connectivity index (χ0n) is 10.5. The van der Waals surface area contributed by atoms with Crippen LogP contribution in [-0.4, -0.2) is 49.1 Å². The van der Waals surface area contributed by atoms with Crippen LogP contribution in [0.4, 0.5) is 0 Å². The summed E-state index contributed by atoms with van der Waals surface area (Å²) in [6, 6.07) is 0.676. The van der Waals surface area contributed by atoms with Crippen LogP contribution in [0.1, 0.15) is 26.7 Å². The van der Waals surface area contributed by atoms with Gasteiger partial charge in [-0.1, -0.05) is 6.92 Å². The Hall–Kier alpha value is 0.270. The number of piperidine rings is 1. The van der Waals surface area contributed by atoms with Crippen LogP contribution in [0.3, 0.4) is 0 Å². The van der Waals surface area contributed by atoms with Crippen molar-refractivity contribution >= 4 is 11.8 Å². The first-order valence-electron chi connectivity index (χ1n) is 6.22. The fourth-order valence-electron chi connectivity index (χ4n) is 1.99. The van der Waals surface area contributed by atoms with E-state index in [0.717, 1.165) is 5.92 Å². The minimum Gasteiger partial charge on any atom is -0.313 e. The molecule has 1 aliphatic heterocycles. The van der Waals surface area contributed by atoms with E-state index in [2.05, 4.69) is 31.1 Å². The van der Waals surface area contributed by atoms with Crippen molar-refractivity contribution in [2.24, 2.45) is 5.92 Å². The van der Waals surface area contributed by atoms with Gasteiger partial charge in [-0.15, -0.1) is 0 Å². The largest absolute Gasteiger partial charge is 0.313 e. The highest BCUT2D eigenvalue weighted by atomic mass is 32.2. The molecule has 1 rings (SSSR count). The number of nitrogens with zero attached hydrogens (tertiary/aromatic N) is 1. The maximum Gasteiger partial charge on any atom is 0.0130 e. The summed E-state index contributed by atoms with van der Waals surface area (Å²) in [5, 5.41) is 3.66. The van der Waals surface area contributed by atoms with Crippen molar-refractivity contribution in [3.63, 3.8) is 0 Å². The minimum absolute atomic E-state index is 0.676. The second kappa shape index (κ2) is 7.53. The third-order valence-electron chi connectivity index (χ3n) is 3.17. The second-order valence-electron chi connectivity index (χ2n) is 4.72. The van der Waals surface area contributed by atoms with E-state index < -0.39 is 0 Å². The molecule has 90 valence electrons. The van der Waals surface area contributed by atoms with Gasteiger partial charge in [-0.25, -0.2) is 0 Å². The highest BCUT2D eigenvalue weighted by Gasteiger charge is 2.16. The Balaban J connectivity index is 2.04. The molecule has 0 aromatic carbocycles. The average molecular weight is 230 g/mol. The molecule has 1 aliphatic rings. The maximum absolute atomic E-state index is 3.66. The molecular formula is C12H26N2S. The summed E-state index contributed by atoms with van der Waals surface area (Å²) in [5.41, 5.74) is 0. The summed E-state index contributed by atoms with van der Waals surface area (Å²) in [6.07, 6.45) is 2.74. The summed E-state index contributed by atoms with van der Waals surface area (Å²) < 4.78 is 0. The van der Waals surface area contributed by atoms with E-state index in [0.29, 0.717) is 6.04 Å². The maximum atomic E-state index is 3.66. The van der Waals surface area contributed by atoms with Crippen LogP contribution in [-0.2, 0) is 0 Å². The SMILES string of the molecule is CCSCC(C)NCC1CCN(C)CC1. The fourth-order valence-corrected chi connectivity index (χ4v) is 2.69. The third kappa shape index (κ3) is 5.79. The van der Waals surface area contributed by atoms with E-state index in [9.17, 15) is 0 Å². The van der Waals surface area contributed by atoms with Crippen molar-refractivity contribution in [2.45, 2.75) is 32.7 Å². The molecule has 1 heterocycles. The molecule has 3 heteroatoms. The molecule has 0 aliphatic carbocycles. The molecule has 0 bridgehead atoms. The van der Waals surface area contributed by atoms with E-state index in [1.807, 2.05) is 11.8 Å². The van der Waals surface area contributed by atoms with Gasteiger partial charge in [0, 0.05) is 11.8 Å². The van der Waals surface area contributed by atoms with E-state index >= 15 is 0 Å². The molecule has 1 N–H and O–H groups in total. The van der Waals surface area contributed by atoms with Crippen LogP contribution in [0.2, 0.25) is 0 Å². The van der Waals surface area contributed by atoms with Crippen molar-refractivity contribution in [2.75, 3.05) is 38.2 Å². The Bertz CT molecular complexity index is 156. The zero-order chi connectivity index (χ0) is 11.1. The van der Waals surface area contributed by atoms with Crippen molar-refractivity contribution < 1.29 is 0 Å². The van der Waals surface area contributed by atoms with Gasteiger partial charge in [-0.3, -0.25) is 0 Å². The van der Waals surface area contributed by atoms with Crippen molar-refractivity contribution in [3.8, 4) is 0 Å². The Morgan fingerprint density at radius 3 is 2.67 bits per heavy atom. The molecule has 0 amide bonds. The number of likely N-dealkylation sites (tertiary alicyclic amines) is 1. The Morgan fingerprint density at radius 2 is 2.07 bits per heavy atom. The van der Waals surface area contributed by atoms with Crippen LogP contribution in [0.5, 0.6) is 0 Å². The van der Waals surface area contributed by atoms with Gasteiger partial charge in [0.15, 0.2) is 0 Å². The fraction of sp³-hybridized carbons (Fsp3) is 1.00. The zero-order valence-corrected chi connectivity index (χ0v) is 11.3. The lowest BCUT2D eigenvalue weighted by atomic mass is 9.97. The number of hydrogen-bond donors (Lipinski definition) is 1. The first-order chi connectivity index (χ1) is 7.22. The van der Waals surface area contributed by atoms with Crippen LogP contribution in [0, 0.1) is 5.92 Å². The Labute approximate surface area is 99.2 Å². The summed E-state index contributed by atoms with van der Waals surface area (Å²) in [4.78, 5) is 2.44. The van der Waals surface area contributed by atoms with Crippen LogP contribution in [0.15, 0.2) is 0 Å². The second-order valence-corrected chi connectivity index (χ2v) is 6.03. The smallest absolute Gasteiger partial charge is 0.0130 e. The van der Waals surface area contributed by atoms with Gasteiger partial charge >= 0.3 is 0 Å². The number of nitrogens with one attached hydrogen (secondary N) is 1. The molecule has 0 aromatic rings. The molecule has 1 unspecified atom stereocenters. The van der Waals surface area contributed by atoms with Crippen LogP contribution in [0.25, 0.3) is 0 Å². The molecule has 1 atom stereocenters. The summed E-state index contributed by atoms with van der Waals surface area (Å²) >= 11 is 2.03.